The summed E-state index contributed by atoms with van der Waals surface area (Å²) < 4.78 is 19.7. The lowest BCUT2D eigenvalue weighted by atomic mass is 10.1. The molecule has 112 valence electrons. The smallest absolute Gasteiger partial charge is 0.380 e. The van der Waals surface area contributed by atoms with Gasteiger partial charge in [-0.15, -0.1) is 0 Å². The lowest BCUT2D eigenvalue weighted by molar-refractivity contribution is -0.163. The Morgan fingerprint density at radius 3 is 2.67 bits per heavy atom. The predicted octanol–water partition coefficient (Wildman–Crippen LogP) is 1.09. The van der Waals surface area contributed by atoms with Gasteiger partial charge in [-0.1, -0.05) is 0 Å². The Labute approximate surface area is 120 Å². The zero-order valence-corrected chi connectivity index (χ0v) is 11.6. The van der Waals surface area contributed by atoms with Gasteiger partial charge in [0.25, 0.3) is 5.78 Å². The molecule has 0 spiro atoms. The van der Waals surface area contributed by atoms with Crippen LogP contribution in [0, 0.1) is 0 Å². The van der Waals surface area contributed by atoms with E-state index in [9.17, 15) is 14.4 Å². The van der Waals surface area contributed by atoms with E-state index in [1.807, 2.05) is 0 Å². The van der Waals surface area contributed by atoms with Crippen LogP contribution in [0.5, 0.6) is 11.5 Å². The Bertz CT molecular complexity index is 579. The van der Waals surface area contributed by atoms with Gasteiger partial charge in [0.2, 0.25) is 6.79 Å². The van der Waals surface area contributed by atoms with E-state index < -0.39 is 23.8 Å². The number of hydrogen-bond donors (Lipinski definition) is 0. The van der Waals surface area contributed by atoms with E-state index in [-0.39, 0.29) is 19.0 Å². The van der Waals surface area contributed by atoms with E-state index in [4.69, 9.17) is 14.2 Å². The first-order valence-electron chi connectivity index (χ1n) is 6.34. The van der Waals surface area contributed by atoms with Crippen LogP contribution < -0.4 is 9.47 Å². The van der Waals surface area contributed by atoms with Crippen LogP contribution in [-0.4, -0.2) is 37.2 Å². The molecule has 2 rings (SSSR count). The SMILES string of the molecule is CCOC(=O)[C@H](C)OC(=O)C(=O)c1ccc2c(c1)OCO2. The third-order valence-electron chi connectivity index (χ3n) is 2.72. The molecule has 0 amide bonds. The van der Waals surface area contributed by atoms with Crippen molar-refractivity contribution in [2.45, 2.75) is 20.0 Å². The van der Waals surface area contributed by atoms with Crippen LogP contribution in [0.25, 0.3) is 0 Å². The lowest BCUT2D eigenvalue weighted by Gasteiger charge is -2.11. The number of rotatable bonds is 5. The Hall–Kier alpha value is -2.57. The molecule has 1 aromatic carbocycles. The molecule has 0 bridgehead atoms. The van der Waals surface area contributed by atoms with Crippen molar-refractivity contribution in [3.63, 3.8) is 0 Å². The van der Waals surface area contributed by atoms with Gasteiger partial charge in [-0.3, -0.25) is 4.79 Å². The fraction of sp³-hybridized carbons (Fsp3) is 0.357. The van der Waals surface area contributed by atoms with Gasteiger partial charge in [0.05, 0.1) is 6.61 Å². The fourth-order valence-corrected chi connectivity index (χ4v) is 1.68. The molecular formula is C14H14O7. The second kappa shape index (κ2) is 6.25. The zero-order valence-electron chi connectivity index (χ0n) is 11.6. The largest absolute Gasteiger partial charge is 0.463 e. The second-order valence-corrected chi connectivity index (χ2v) is 4.20. The summed E-state index contributed by atoms with van der Waals surface area (Å²) >= 11 is 0. The first kappa shape index (κ1) is 14.8. The number of hydrogen-bond acceptors (Lipinski definition) is 7. The van der Waals surface area contributed by atoms with E-state index in [2.05, 4.69) is 4.74 Å². The molecule has 0 N–H and O–H groups in total. The summed E-state index contributed by atoms with van der Waals surface area (Å²) in [6.45, 7) is 3.20. The van der Waals surface area contributed by atoms with Crippen LogP contribution in [0.4, 0.5) is 0 Å². The van der Waals surface area contributed by atoms with Crippen molar-refractivity contribution in [1.82, 2.24) is 0 Å². The standard InChI is InChI=1S/C14H14O7/c1-3-18-13(16)8(2)21-14(17)12(15)9-4-5-10-11(6-9)20-7-19-10/h4-6,8H,3,7H2,1-2H3/t8-/m0/s1. The van der Waals surface area contributed by atoms with Crippen molar-refractivity contribution in [2.75, 3.05) is 13.4 Å². The Morgan fingerprint density at radius 1 is 1.24 bits per heavy atom. The number of carbonyl (C=O) groups is 3. The van der Waals surface area contributed by atoms with Gasteiger partial charge in [-0.2, -0.15) is 0 Å². The fourth-order valence-electron chi connectivity index (χ4n) is 1.68. The van der Waals surface area contributed by atoms with Crippen molar-refractivity contribution >= 4 is 17.7 Å². The quantitative estimate of drug-likeness (QED) is 0.456. The summed E-state index contributed by atoms with van der Waals surface area (Å²) in [6, 6.07) is 4.34. The Morgan fingerprint density at radius 2 is 1.95 bits per heavy atom. The molecule has 1 heterocycles. The summed E-state index contributed by atoms with van der Waals surface area (Å²) in [7, 11) is 0. The van der Waals surface area contributed by atoms with E-state index in [0.717, 1.165) is 0 Å². The van der Waals surface area contributed by atoms with Crippen molar-refractivity contribution in [3.05, 3.63) is 23.8 Å². The highest BCUT2D eigenvalue weighted by Crippen LogP contribution is 2.32. The van der Waals surface area contributed by atoms with E-state index in [0.29, 0.717) is 11.5 Å². The van der Waals surface area contributed by atoms with Gasteiger partial charge in [0, 0.05) is 5.56 Å². The molecule has 0 saturated heterocycles. The summed E-state index contributed by atoms with van der Waals surface area (Å²) in [5.74, 6) is -1.82. The molecule has 7 nitrogen and oxygen atoms in total. The Balaban J connectivity index is 2.02. The molecule has 0 radical (unpaired) electrons. The number of ketones is 1. The molecule has 0 aliphatic carbocycles. The average Bonchev–Trinajstić information content (AvgIpc) is 2.93. The molecule has 1 aromatic rings. The summed E-state index contributed by atoms with van der Waals surface area (Å²) in [6.07, 6.45) is -1.14. The third-order valence-corrected chi connectivity index (χ3v) is 2.72. The molecule has 0 aromatic heterocycles. The third kappa shape index (κ3) is 3.31. The van der Waals surface area contributed by atoms with Crippen molar-refractivity contribution in [3.8, 4) is 11.5 Å². The molecule has 1 atom stereocenters. The maximum Gasteiger partial charge on any atom is 0.380 e. The van der Waals surface area contributed by atoms with Crippen LogP contribution in [0.15, 0.2) is 18.2 Å². The first-order chi connectivity index (χ1) is 10.0. The molecule has 1 aliphatic heterocycles. The van der Waals surface area contributed by atoms with Crippen LogP contribution in [-0.2, 0) is 19.1 Å². The molecule has 0 saturated carbocycles. The number of benzene rings is 1. The average molecular weight is 294 g/mol. The number of ether oxygens (including phenoxy) is 4. The van der Waals surface area contributed by atoms with Gasteiger partial charge in [-0.25, -0.2) is 9.59 Å². The zero-order chi connectivity index (χ0) is 15.4. The van der Waals surface area contributed by atoms with Gasteiger partial charge in [-0.05, 0) is 32.0 Å². The van der Waals surface area contributed by atoms with E-state index in [1.54, 1.807) is 6.92 Å². The predicted molar refractivity (Wildman–Crippen MR) is 69.1 cm³/mol. The van der Waals surface area contributed by atoms with Gasteiger partial charge >= 0.3 is 11.9 Å². The monoisotopic (exact) mass is 294 g/mol. The van der Waals surface area contributed by atoms with Crippen molar-refractivity contribution in [2.24, 2.45) is 0 Å². The van der Waals surface area contributed by atoms with E-state index in [1.165, 1.54) is 25.1 Å². The van der Waals surface area contributed by atoms with Gasteiger partial charge < -0.3 is 18.9 Å². The van der Waals surface area contributed by atoms with Crippen LogP contribution >= 0.6 is 0 Å². The molecular weight excluding hydrogens is 280 g/mol. The summed E-state index contributed by atoms with van der Waals surface area (Å²) in [5.41, 5.74) is 0.0975. The van der Waals surface area contributed by atoms with Gasteiger partial charge in [0.15, 0.2) is 17.6 Å². The maximum atomic E-state index is 11.9. The number of esters is 2. The minimum Gasteiger partial charge on any atom is -0.463 e. The Kier molecular flexibility index (Phi) is 4.42. The minimum absolute atomic E-state index is 0.0668. The first-order valence-corrected chi connectivity index (χ1v) is 6.34. The molecule has 0 unspecified atom stereocenters. The van der Waals surface area contributed by atoms with E-state index >= 15 is 0 Å². The van der Waals surface area contributed by atoms with Crippen LogP contribution in [0.1, 0.15) is 24.2 Å². The molecule has 21 heavy (non-hydrogen) atoms. The summed E-state index contributed by atoms with van der Waals surface area (Å²) in [4.78, 5) is 35.0. The second-order valence-electron chi connectivity index (χ2n) is 4.20. The molecule has 0 fully saturated rings. The van der Waals surface area contributed by atoms with Crippen LogP contribution in [0.3, 0.4) is 0 Å². The van der Waals surface area contributed by atoms with Crippen molar-refractivity contribution in [1.29, 1.82) is 0 Å². The van der Waals surface area contributed by atoms with Crippen molar-refractivity contribution < 1.29 is 33.3 Å². The highest BCUT2D eigenvalue weighted by molar-refractivity contribution is 6.40. The van der Waals surface area contributed by atoms with Crippen LogP contribution in [0.2, 0.25) is 0 Å². The number of Topliss-reactive ketones (excluding diaryl/α,β-unsaturated/α-hetero) is 1. The minimum atomic E-state index is -1.14. The highest BCUT2D eigenvalue weighted by atomic mass is 16.7. The summed E-state index contributed by atoms with van der Waals surface area (Å²) in [5, 5.41) is 0. The van der Waals surface area contributed by atoms with Gasteiger partial charge in [0.1, 0.15) is 0 Å². The topological polar surface area (TPSA) is 88.1 Å². The molecule has 7 heteroatoms. The highest BCUT2D eigenvalue weighted by Gasteiger charge is 2.26. The lowest BCUT2D eigenvalue weighted by Crippen LogP contribution is -2.29. The number of fused-ring (bicyclic) bond motifs is 1. The molecule has 1 aliphatic rings. The maximum absolute atomic E-state index is 11.9. The number of carbonyl (C=O) groups excluding carboxylic acids is 3. The normalized spacial score (nSPS) is 13.4.